The summed E-state index contributed by atoms with van der Waals surface area (Å²) in [5, 5.41) is 3.05. The summed E-state index contributed by atoms with van der Waals surface area (Å²) in [5.74, 6) is -0.549. The van der Waals surface area contributed by atoms with E-state index in [2.05, 4.69) is 5.32 Å². The summed E-state index contributed by atoms with van der Waals surface area (Å²) in [7, 11) is 0. The maximum Gasteiger partial charge on any atom is 0.416 e. The molecule has 4 rings (SSSR count). The number of nitrogens with one attached hydrogen (secondary N) is 1. The van der Waals surface area contributed by atoms with E-state index in [0.29, 0.717) is 12.1 Å². The highest BCUT2D eigenvalue weighted by Crippen LogP contribution is 2.51. The van der Waals surface area contributed by atoms with E-state index in [1.165, 1.54) is 18.2 Å². The van der Waals surface area contributed by atoms with Crippen LogP contribution in [-0.4, -0.2) is 0 Å². The van der Waals surface area contributed by atoms with Gasteiger partial charge in [-0.15, -0.1) is 0 Å². The number of alkyl halides is 3. The number of fused-ring (bicyclic) bond motifs is 3. The van der Waals surface area contributed by atoms with Crippen molar-refractivity contribution in [2.24, 2.45) is 5.92 Å². The summed E-state index contributed by atoms with van der Waals surface area (Å²) in [6.45, 7) is 0. The van der Waals surface area contributed by atoms with Crippen LogP contribution in [0, 0.1) is 11.7 Å². The Labute approximate surface area is 137 Å². The van der Waals surface area contributed by atoms with E-state index >= 15 is 0 Å². The van der Waals surface area contributed by atoms with E-state index in [1.807, 2.05) is 18.2 Å². The van der Waals surface area contributed by atoms with Crippen LogP contribution in [-0.2, 0) is 6.18 Å². The van der Waals surface area contributed by atoms with Crippen LogP contribution in [0.2, 0.25) is 0 Å². The Morgan fingerprint density at radius 1 is 0.958 bits per heavy atom. The summed E-state index contributed by atoms with van der Waals surface area (Å²) < 4.78 is 54.5. The average Bonchev–Trinajstić information content (AvgIpc) is 3.04. The maximum absolute atomic E-state index is 14.2. The minimum absolute atomic E-state index is 0.0530. The Kier molecular flexibility index (Phi) is 3.41. The highest BCUT2D eigenvalue weighted by molar-refractivity contribution is 5.61. The van der Waals surface area contributed by atoms with Crippen LogP contribution >= 0.6 is 0 Å². The molecular formula is C19H15F4N. The molecule has 0 bridgehead atoms. The number of rotatable bonds is 1. The van der Waals surface area contributed by atoms with Crippen LogP contribution in [0.1, 0.15) is 35.1 Å². The third kappa shape index (κ3) is 2.30. The van der Waals surface area contributed by atoms with E-state index in [-0.39, 0.29) is 17.4 Å². The molecule has 0 unspecified atom stereocenters. The summed E-state index contributed by atoms with van der Waals surface area (Å²) in [6, 6.07) is 9.79. The van der Waals surface area contributed by atoms with Gasteiger partial charge in [-0.2, -0.15) is 13.2 Å². The van der Waals surface area contributed by atoms with Gasteiger partial charge in [-0.3, -0.25) is 0 Å². The first-order chi connectivity index (χ1) is 11.5. The third-order valence-corrected chi connectivity index (χ3v) is 4.95. The van der Waals surface area contributed by atoms with Gasteiger partial charge in [0.1, 0.15) is 5.82 Å². The molecule has 2 aromatic carbocycles. The van der Waals surface area contributed by atoms with Crippen LogP contribution in [0.3, 0.4) is 0 Å². The fourth-order valence-corrected chi connectivity index (χ4v) is 3.92. The van der Waals surface area contributed by atoms with Crippen LogP contribution < -0.4 is 5.32 Å². The molecule has 1 aliphatic heterocycles. The summed E-state index contributed by atoms with van der Waals surface area (Å²) in [5.41, 5.74) is 0.646. The van der Waals surface area contributed by atoms with E-state index < -0.39 is 23.6 Å². The highest BCUT2D eigenvalue weighted by atomic mass is 19.4. The Morgan fingerprint density at radius 2 is 1.71 bits per heavy atom. The van der Waals surface area contributed by atoms with Crippen molar-refractivity contribution in [3.8, 4) is 0 Å². The number of anilines is 1. The molecule has 2 aromatic rings. The predicted octanol–water partition coefficient (Wildman–Crippen LogP) is 5.67. The van der Waals surface area contributed by atoms with Crippen LogP contribution in [0.5, 0.6) is 0 Å². The Balaban J connectivity index is 1.85. The van der Waals surface area contributed by atoms with Gasteiger partial charge >= 0.3 is 6.18 Å². The fraction of sp³-hybridized carbons (Fsp3) is 0.263. The minimum atomic E-state index is -4.44. The van der Waals surface area contributed by atoms with Gasteiger partial charge in [0.25, 0.3) is 0 Å². The molecule has 1 aliphatic carbocycles. The summed E-state index contributed by atoms with van der Waals surface area (Å²) >= 11 is 0. The molecule has 5 heteroatoms. The molecule has 24 heavy (non-hydrogen) atoms. The highest BCUT2D eigenvalue weighted by Gasteiger charge is 2.42. The molecule has 0 amide bonds. The van der Waals surface area contributed by atoms with Crippen molar-refractivity contribution in [3.05, 3.63) is 77.1 Å². The zero-order valence-electron chi connectivity index (χ0n) is 12.6. The Morgan fingerprint density at radius 3 is 2.50 bits per heavy atom. The molecule has 0 aromatic heterocycles. The monoisotopic (exact) mass is 333 g/mol. The largest absolute Gasteiger partial charge is 0.416 e. The minimum Gasteiger partial charge on any atom is -0.375 e. The summed E-state index contributed by atoms with van der Waals surface area (Å²) in [6.07, 6.45) is 0.187. The lowest BCUT2D eigenvalue weighted by molar-refractivity contribution is -0.138. The normalized spacial score (nSPS) is 25.1. The first-order valence-electron chi connectivity index (χ1n) is 7.84. The molecule has 0 saturated carbocycles. The standard InChI is InChI=1S/C19H15F4N/c20-16-10-4-8-13-11-6-3-7-12(11)17(24-18(13)16)14-5-1-2-9-15(14)19(21,22)23/h1-6,8-12,17,24H,7H2/t11-,12+,17-/m0/s1. The fourth-order valence-electron chi connectivity index (χ4n) is 3.92. The molecule has 0 saturated heterocycles. The lowest BCUT2D eigenvalue weighted by Crippen LogP contribution is -2.31. The topological polar surface area (TPSA) is 12.0 Å². The van der Waals surface area contributed by atoms with Crippen LogP contribution in [0.4, 0.5) is 23.2 Å². The van der Waals surface area contributed by atoms with Gasteiger partial charge in [0.2, 0.25) is 0 Å². The number of hydrogen-bond acceptors (Lipinski definition) is 1. The summed E-state index contributed by atoms with van der Waals surface area (Å²) in [4.78, 5) is 0. The quantitative estimate of drug-likeness (QED) is 0.524. The van der Waals surface area contributed by atoms with Gasteiger partial charge in [-0.25, -0.2) is 4.39 Å². The number of allylic oxidation sites excluding steroid dienone is 2. The van der Waals surface area contributed by atoms with Crippen molar-refractivity contribution in [1.29, 1.82) is 0 Å². The number of hydrogen-bond donors (Lipinski definition) is 1. The van der Waals surface area contributed by atoms with E-state index in [0.717, 1.165) is 11.6 Å². The molecule has 1 N–H and O–H groups in total. The molecule has 0 radical (unpaired) electrons. The Bertz CT molecular complexity index is 809. The molecule has 1 heterocycles. The first kappa shape index (κ1) is 15.2. The molecule has 124 valence electrons. The number of para-hydroxylation sites is 1. The zero-order valence-corrected chi connectivity index (χ0v) is 12.6. The second-order valence-corrected chi connectivity index (χ2v) is 6.26. The van der Waals surface area contributed by atoms with Crippen LogP contribution in [0.15, 0.2) is 54.6 Å². The lowest BCUT2D eigenvalue weighted by atomic mass is 9.76. The van der Waals surface area contributed by atoms with Gasteiger partial charge in [0.15, 0.2) is 0 Å². The number of benzene rings is 2. The third-order valence-electron chi connectivity index (χ3n) is 4.95. The molecule has 1 nitrogen and oxygen atoms in total. The second-order valence-electron chi connectivity index (χ2n) is 6.26. The molecule has 3 atom stereocenters. The van der Waals surface area contributed by atoms with E-state index in [4.69, 9.17) is 0 Å². The predicted molar refractivity (Wildman–Crippen MR) is 84.2 cm³/mol. The van der Waals surface area contributed by atoms with Crippen molar-refractivity contribution in [2.45, 2.75) is 24.6 Å². The van der Waals surface area contributed by atoms with E-state index in [1.54, 1.807) is 12.1 Å². The van der Waals surface area contributed by atoms with Crippen molar-refractivity contribution in [2.75, 3.05) is 5.32 Å². The Hall–Kier alpha value is -2.30. The van der Waals surface area contributed by atoms with Crippen LogP contribution in [0.25, 0.3) is 0 Å². The van der Waals surface area contributed by atoms with E-state index in [9.17, 15) is 17.6 Å². The van der Waals surface area contributed by atoms with Crippen molar-refractivity contribution in [1.82, 2.24) is 0 Å². The smallest absolute Gasteiger partial charge is 0.375 e. The van der Waals surface area contributed by atoms with Crippen molar-refractivity contribution < 1.29 is 17.6 Å². The maximum atomic E-state index is 14.2. The van der Waals surface area contributed by atoms with Gasteiger partial charge in [0.05, 0.1) is 17.3 Å². The number of halogens is 4. The van der Waals surface area contributed by atoms with Gasteiger partial charge in [-0.1, -0.05) is 42.5 Å². The first-order valence-corrected chi connectivity index (χ1v) is 7.84. The SMILES string of the molecule is Fc1cccc2c1N[C@H](c1ccccc1C(F)(F)F)[C@@H]1CC=C[C@H]21. The van der Waals surface area contributed by atoms with Gasteiger partial charge < -0.3 is 5.32 Å². The van der Waals surface area contributed by atoms with Gasteiger partial charge in [-0.05, 0) is 35.6 Å². The zero-order chi connectivity index (χ0) is 16.9. The molecule has 0 fully saturated rings. The molecule has 2 aliphatic rings. The lowest BCUT2D eigenvalue weighted by Gasteiger charge is -2.38. The second kappa shape index (κ2) is 5.36. The average molecular weight is 333 g/mol. The molecule has 0 spiro atoms. The van der Waals surface area contributed by atoms with Crippen molar-refractivity contribution in [3.63, 3.8) is 0 Å². The van der Waals surface area contributed by atoms with Gasteiger partial charge in [0, 0.05) is 5.92 Å². The molecular weight excluding hydrogens is 318 g/mol. The van der Waals surface area contributed by atoms with Crippen molar-refractivity contribution >= 4 is 5.69 Å².